The summed E-state index contributed by atoms with van der Waals surface area (Å²) >= 11 is 0. The molecule has 0 amide bonds. The number of nitriles is 1. The van der Waals surface area contributed by atoms with Gasteiger partial charge in [-0.15, -0.1) is 0 Å². The first-order valence-electron chi connectivity index (χ1n) is 6.99. The summed E-state index contributed by atoms with van der Waals surface area (Å²) in [5, 5.41) is 12.1. The number of likely N-dealkylation sites (tertiary alicyclic amines) is 1. The number of pyridine rings is 1. The maximum atomic E-state index is 8.72. The van der Waals surface area contributed by atoms with Gasteiger partial charge in [0.15, 0.2) is 0 Å². The summed E-state index contributed by atoms with van der Waals surface area (Å²) in [6, 6.07) is 5.75. The minimum absolute atomic E-state index is 0.606. The quantitative estimate of drug-likeness (QED) is 0.880. The average Bonchev–Trinajstić information content (AvgIpc) is 2.84. The standard InChI is InChI=1S/C15H22N4/c1-12(2)10-19-6-5-14(11-19)9-18-15-4-3-13(7-16)8-17-15/h3-4,8,12,14H,5-6,9-11H2,1-2H3,(H,17,18). The predicted molar refractivity (Wildman–Crippen MR) is 76.8 cm³/mol. The molecule has 4 heteroatoms. The summed E-state index contributed by atoms with van der Waals surface area (Å²) in [7, 11) is 0. The lowest BCUT2D eigenvalue weighted by molar-refractivity contribution is 0.289. The van der Waals surface area contributed by atoms with Gasteiger partial charge in [0.05, 0.1) is 5.56 Å². The first-order valence-corrected chi connectivity index (χ1v) is 6.99. The van der Waals surface area contributed by atoms with Crippen molar-refractivity contribution < 1.29 is 0 Å². The third kappa shape index (κ3) is 4.22. The van der Waals surface area contributed by atoms with Gasteiger partial charge in [0.25, 0.3) is 0 Å². The van der Waals surface area contributed by atoms with E-state index in [4.69, 9.17) is 5.26 Å². The van der Waals surface area contributed by atoms with Gasteiger partial charge >= 0.3 is 0 Å². The molecule has 1 saturated heterocycles. The molecule has 102 valence electrons. The van der Waals surface area contributed by atoms with Crippen LogP contribution in [0.2, 0.25) is 0 Å². The fourth-order valence-electron chi connectivity index (χ4n) is 2.58. The summed E-state index contributed by atoms with van der Waals surface area (Å²) in [6.45, 7) is 9.10. The molecule has 1 aliphatic heterocycles. The van der Waals surface area contributed by atoms with E-state index in [1.54, 1.807) is 12.3 Å². The molecule has 1 aromatic rings. The van der Waals surface area contributed by atoms with Crippen molar-refractivity contribution in [1.82, 2.24) is 9.88 Å². The van der Waals surface area contributed by atoms with Crippen molar-refractivity contribution in [2.75, 3.05) is 31.5 Å². The number of hydrogen-bond acceptors (Lipinski definition) is 4. The number of aromatic nitrogens is 1. The second-order valence-electron chi connectivity index (χ2n) is 5.73. The fraction of sp³-hybridized carbons (Fsp3) is 0.600. The van der Waals surface area contributed by atoms with Crippen molar-refractivity contribution in [3.8, 4) is 6.07 Å². The Morgan fingerprint density at radius 3 is 3.00 bits per heavy atom. The number of nitrogens with one attached hydrogen (secondary N) is 1. The lowest BCUT2D eigenvalue weighted by atomic mass is 10.1. The van der Waals surface area contributed by atoms with E-state index in [0.29, 0.717) is 11.5 Å². The lowest BCUT2D eigenvalue weighted by Gasteiger charge is -2.18. The molecule has 1 aromatic heterocycles. The monoisotopic (exact) mass is 258 g/mol. The van der Waals surface area contributed by atoms with E-state index in [1.165, 1.54) is 26.1 Å². The highest BCUT2D eigenvalue weighted by molar-refractivity contribution is 5.38. The maximum Gasteiger partial charge on any atom is 0.125 e. The molecule has 0 aromatic carbocycles. The summed E-state index contributed by atoms with van der Waals surface area (Å²) in [5.74, 6) is 2.31. The summed E-state index contributed by atoms with van der Waals surface area (Å²) in [5.41, 5.74) is 0.606. The molecule has 1 fully saturated rings. The maximum absolute atomic E-state index is 8.72. The van der Waals surface area contributed by atoms with Gasteiger partial charge < -0.3 is 10.2 Å². The van der Waals surface area contributed by atoms with Crippen LogP contribution in [0.1, 0.15) is 25.8 Å². The Bertz CT molecular complexity index is 432. The van der Waals surface area contributed by atoms with E-state index < -0.39 is 0 Å². The van der Waals surface area contributed by atoms with Gasteiger partial charge in [-0.3, -0.25) is 0 Å². The largest absolute Gasteiger partial charge is 0.370 e. The highest BCUT2D eigenvalue weighted by Gasteiger charge is 2.22. The molecule has 0 radical (unpaired) electrons. The van der Waals surface area contributed by atoms with Crippen LogP contribution >= 0.6 is 0 Å². The van der Waals surface area contributed by atoms with Gasteiger partial charge in [-0.1, -0.05) is 13.8 Å². The SMILES string of the molecule is CC(C)CN1CCC(CNc2ccc(C#N)cn2)C1. The molecule has 2 rings (SSSR count). The second-order valence-corrected chi connectivity index (χ2v) is 5.73. The number of hydrogen-bond donors (Lipinski definition) is 1. The van der Waals surface area contributed by atoms with Crippen molar-refractivity contribution in [3.05, 3.63) is 23.9 Å². The van der Waals surface area contributed by atoms with Crippen LogP contribution < -0.4 is 5.32 Å². The number of nitrogens with zero attached hydrogens (tertiary/aromatic N) is 3. The van der Waals surface area contributed by atoms with E-state index in [9.17, 15) is 0 Å². The number of rotatable bonds is 5. The topological polar surface area (TPSA) is 52.0 Å². The molecule has 0 bridgehead atoms. The summed E-state index contributed by atoms with van der Waals surface area (Å²) in [4.78, 5) is 6.78. The Morgan fingerprint density at radius 2 is 2.37 bits per heavy atom. The zero-order chi connectivity index (χ0) is 13.7. The Morgan fingerprint density at radius 1 is 1.53 bits per heavy atom. The van der Waals surface area contributed by atoms with Crippen molar-refractivity contribution in [2.45, 2.75) is 20.3 Å². The molecule has 1 unspecified atom stereocenters. The molecule has 1 atom stereocenters. The summed E-state index contributed by atoms with van der Waals surface area (Å²) in [6.07, 6.45) is 2.87. The highest BCUT2D eigenvalue weighted by atomic mass is 15.2. The van der Waals surface area contributed by atoms with Gasteiger partial charge in [0, 0.05) is 25.8 Å². The van der Waals surface area contributed by atoms with Crippen LogP contribution in [0.3, 0.4) is 0 Å². The molecule has 1 N–H and O–H groups in total. The molecule has 19 heavy (non-hydrogen) atoms. The van der Waals surface area contributed by atoms with E-state index >= 15 is 0 Å². The van der Waals surface area contributed by atoms with Gasteiger partial charge in [-0.05, 0) is 36.9 Å². The molecular formula is C15H22N4. The first kappa shape index (κ1) is 13.8. The average molecular weight is 258 g/mol. The highest BCUT2D eigenvalue weighted by Crippen LogP contribution is 2.18. The summed E-state index contributed by atoms with van der Waals surface area (Å²) < 4.78 is 0. The Hall–Kier alpha value is -1.60. The normalized spacial score (nSPS) is 19.6. The molecule has 0 aliphatic carbocycles. The molecule has 4 nitrogen and oxygen atoms in total. The zero-order valence-electron chi connectivity index (χ0n) is 11.8. The van der Waals surface area contributed by atoms with Gasteiger partial charge in [-0.25, -0.2) is 4.98 Å². The van der Waals surface area contributed by atoms with Crippen LogP contribution in [0, 0.1) is 23.2 Å². The van der Waals surface area contributed by atoms with Crippen LogP contribution in [-0.4, -0.2) is 36.1 Å². The van der Waals surface area contributed by atoms with Crippen molar-refractivity contribution >= 4 is 5.82 Å². The van der Waals surface area contributed by atoms with Crippen LogP contribution in [0.4, 0.5) is 5.82 Å². The van der Waals surface area contributed by atoms with Gasteiger partial charge in [-0.2, -0.15) is 5.26 Å². The van der Waals surface area contributed by atoms with E-state index in [-0.39, 0.29) is 0 Å². The van der Waals surface area contributed by atoms with Crippen LogP contribution in [0.15, 0.2) is 18.3 Å². The van der Waals surface area contributed by atoms with E-state index in [1.807, 2.05) is 6.07 Å². The van der Waals surface area contributed by atoms with Crippen molar-refractivity contribution in [1.29, 1.82) is 5.26 Å². The van der Waals surface area contributed by atoms with Crippen LogP contribution in [0.25, 0.3) is 0 Å². The molecule has 2 heterocycles. The Balaban J connectivity index is 1.75. The smallest absolute Gasteiger partial charge is 0.125 e. The lowest BCUT2D eigenvalue weighted by Crippen LogP contribution is -2.26. The molecule has 0 saturated carbocycles. The van der Waals surface area contributed by atoms with E-state index in [0.717, 1.165) is 18.3 Å². The first-order chi connectivity index (χ1) is 9.17. The van der Waals surface area contributed by atoms with Crippen LogP contribution in [-0.2, 0) is 0 Å². The van der Waals surface area contributed by atoms with Gasteiger partial charge in [0.1, 0.15) is 11.9 Å². The van der Waals surface area contributed by atoms with Crippen LogP contribution in [0.5, 0.6) is 0 Å². The van der Waals surface area contributed by atoms with E-state index in [2.05, 4.69) is 35.1 Å². The predicted octanol–water partition coefficient (Wildman–Crippen LogP) is 2.34. The Kier molecular flexibility index (Phi) is 4.75. The third-order valence-electron chi connectivity index (χ3n) is 3.46. The zero-order valence-corrected chi connectivity index (χ0v) is 11.8. The van der Waals surface area contributed by atoms with Crippen molar-refractivity contribution in [3.63, 3.8) is 0 Å². The minimum atomic E-state index is 0.606. The van der Waals surface area contributed by atoms with Crippen molar-refractivity contribution in [2.24, 2.45) is 11.8 Å². The van der Waals surface area contributed by atoms with Gasteiger partial charge in [0.2, 0.25) is 0 Å². The minimum Gasteiger partial charge on any atom is -0.370 e. The number of anilines is 1. The second kappa shape index (κ2) is 6.53. The Labute approximate surface area is 115 Å². The molecule has 1 aliphatic rings. The fourth-order valence-corrected chi connectivity index (χ4v) is 2.58. The third-order valence-corrected chi connectivity index (χ3v) is 3.46. The molecular weight excluding hydrogens is 236 g/mol. The molecule has 0 spiro atoms.